The van der Waals surface area contributed by atoms with Crippen LogP contribution in [0.5, 0.6) is 5.75 Å². The van der Waals surface area contributed by atoms with Gasteiger partial charge < -0.3 is 15.4 Å². The van der Waals surface area contributed by atoms with E-state index in [2.05, 4.69) is 27.5 Å². The molecule has 0 spiro atoms. The molecule has 2 aromatic carbocycles. The Balaban J connectivity index is 1.76. The number of nitrogens with zero attached hydrogens (tertiary/aromatic N) is 2. The number of ether oxygens (including phenoxy) is 1. The maximum absolute atomic E-state index is 12.5. The van der Waals surface area contributed by atoms with Crippen LogP contribution in [0.1, 0.15) is 23.0 Å². The van der Waals surface area contributed by atoms with E-state index in [0.717, 1.165) is 17.7 Å². The fraction of sp³-hybridized carbons (Fsp3) is 0.150. The van der Waals surface area contributed by atoms with Gasteiger partial charge in [0.2, 0.25) is 5.95 Å². The van der Waals surface area contributed by atoms with Crippen molar-refractivity contribution in [2.75, 3.05) is 17.7 Å². The van der Waals surface area contributed by atoms with E-state index in [-0.39, 0.29) is 11.6 Å². The number of carbonyl (C=O) groups excluding carboxylic acids is 1. The van der Waals surface area contributed by atoms with Crippen LogP contribution in [-0.4, -0.2) is 23.0 Å². The highest BCUT2D eigenvalue weighted by atomic mass is 35.5. The maximum atomic E-state index is 12.5. The van der Waals surface area contributed by atoms with Crippen molar-refractivity contribution in [1.82, 2.24) is 9.97 Å². The van der Waals surface area contributed by atoms with Gasteiger partial charge in [0.15, 0.2) is 0 Å². The van der Waals surface area contributed by atoms with Gasteiger partial charge in [-0.15, -0.1) is 0 Å². The zero-order valence-electron chi connectivity index (χ0n) is 15.0. The second kappa shape index (κ2) is 8.51. The van der Waals surface area contributed by atoms with Crippen LogP contribution in [0, 0.1) is 0 Å². The van der Waals surface area contributed by atoms with Gasteiger partial charge in [-0.1, -0.05) is 36.7 Å². The molecule has 2 N–H and O–H groups in total. The molecule has 0 aliphatic heterocycles. The van der Waals surface area contributed by atoms with Gasteiger partial charge >= 0.3 is 0 Å². The van der Waals surface area contributed by atoms with Crippen LogP contribution in [-0.2, 0) is 6.42 Å². The molecule has 0 radical (unpaired) electrons. The normalized spacial score (nSPS) is 10.3. The highest BCUT2D eigenvalue weighted by molar-refractivity contribution is 6.32. The standard InChI is InChI=1S/C20H19ClN4O2/c1-3-13-6-4-5-7-16(13)24-20-22-11-10-17(25-20)19(26)23-14-8-9-18(27-2)15(21)12-14/h4-12H,3H2,1-2H3,(H,23,26)(H,22,24,25). The Morgan fingerprint density at radius 3 is 2.74 bits per heavy atom. The number of hydrogen-bond acceptors (Lipinski definition) is 5. The number of rotatable bonds is 6. The Labute approximate surface area is 162 Å². The average Bonchev–Trinajstić information content (AvgIpc) is 2.69. The SMILES string of the molecule is CCc1ccccc1Nc1nccc(C(=O)Nc2ccc(OC)c(Cl)c2)n1. The minimum Gasteiger partial charge on any atom is -0.495 e. The summed E-state index contributed by atoms with van der Waals surface area (Å²) >= 11 is 6.09. The third kappa shape index (κ3) is 4.54. The summed E-state index contributed by atoms with van der Waals surface area (Å²) in [5.41, 5.74) is 2.85. The number of benzene rings is 2. The van der Waals surface area contributed by atoms with E-state index >= 15 is 0 Å². The quantitative estimate of drug-likeness (QED) is 0.646. The van der Waals surface area contributed by atoms with Crippen LogP contribution in [0.3, 0.4) is 0 Å². The molecule has 0 atom stereocenters. The summed E-state index contributed by atoms with van der Waals surface area (Å²) in [6.45, 7) is 2.07. The molecule has 1 aromatic heterocycles. The minimum atomic E-state index is -0.356. The van der Waals surface area contributed by atoms with Crippen LogP contribution in [0.2, 0.25) is 5.02 Å². The first-order valence-electron chi connectivity index (χ1n) is 8.43. The molecule has 0 fully saturated rings. The second-order valence-corrected chi connectivity index (χ2v) is 6.11. The molecule has 1 amide bonds. The molecule has 7 heteroatoms. The Hall–Kier alpha value is -3.12. The fourth-order valence-electron chi connectivity index (χ4n) is 2.56. The number of hydrogen-bond donors (Lipinski definition) is 2. The first kappa shape index (κ1) is 18.7. The smallest absolute Gasteiger partial charge is 0.274 e. The monoisotopic (exact) mass is 382 g/mol. The molecule has 3 aromatic rings. The van der Waals surface area contributed by atoms with Crippen molar-refractivity contribution in [1.29, 1.82) is 0 Å². The first-order chi connectivity index (χ1) is 13.1. The Bertz CT molecular complexity index is 962. The van der Waals surface area contributed by atoms with Crippen LogP contribution < -0.4 is 15.4 Å². The maximum Gasteiger partial charge on any atom is 0.274 e. The molecule has 138 valence electrons. The predicted octanol–water partition coefficient (Wildman–Crippen LogP) is 4.70. The highest BCUT2D eigenvalue weighted by Gasteiger charge is 2.11. The molecule has 3 rings (SSSR count). The number of amides is 1. The number of halogens is 1. The van der Waals surface area contributed by atoms with Crippen molar-refractivity contribution in [2.24, 2.45) is 0 Å². The summed E-state index contributed by atoms with van der Waals surface area (Å²) in [4.78, 5) is 21.0. The van der Waals surface area contributed by atoms with Gasteiger partial charge in [0.25, 0.3) is 5.91 Å². The largest absolute Gasteiger partial charge is 0.495 e. The molecule has 27 heavy (non-hydrogen) atoms. The molecule has 0 aliphatic carbocycles. The average molecular weight is 383 g/mol. The third-order valence-electron chi connectivity index (χ3n) is 3.94. The van der Waals surface area contributed by atoms with E-state index < -0.39 is 0 Å². The third-order valence-corrected chi connectivity index (χ3v) is 4.24. The molecule has 0 unspecified atom stereocenters. The van der Waals surface area contributed by atoms with Crippen molar-refractivity contribution in [3.63, 3.8) is 0 Å². The first-order valence-corrected chi connectivity index (χ1v) is 8.81. The predicted molar refractivity (Wildman–Crippen MR) is 107 cm³/mol. The number of aromatic nitrogens is 2. The summed E-state index contributed by atoms with van der Waals surface area (Å²) in [5.74, 6) is 0.541. The lowest BCUT2D eigenvalue weighted by Gasteiger charge is -2.11. The molecule has 0 aliphatic rings. The van der Waals surface area contributed by atoms with E-state index in [9.17, 15) is 4.79 Å². The molecule has 1 heterocycles. The van der Waals surface area contributed by atoms with Gasteiger partial charge in [0.1, 0.15) is 11.4 Å². The number of anilines is 3. The molecule has 0 saturated carbocycles. The Kier molecular flexibility index (Phi) is 5.88. The Morgan fingerprint density at radius 2 is 2.00 bits per heavy atom. The summed E-state index contributed by atoms with van der Waals surface area (Å²) in [6, 6.07) is 14.5. The van der Waals surface area contributed by atoms with Crippen molar-refractivity contribution in [2.45, 2.75) is 13.3 Å². The van der Waals surface area contributed by atoms with Gasteiger partial charge in [-0.3, -0.25) is 4.79 Å². The van der Waals surface area contributed by atoms with Gasteiger partial charge in [0, 0.05) is 17.6 Å². The van der Waals surface area contributed by atoms with E-state index in [0.29, 0.717) is 22.4 Å². The van der Waals surface area contributed by atoms with Crippen molar-refractivity contribution in [3.8, 4) is 5.75 Å². The van der Waals surface area contributed by atoms with E-state index in [1.165, 1.54) is 7.11 Å². The van der Waals surface area contributed by atoms with Crippen molar-refractivity contribution in [3.05, 3.63) is 71.0 Å². The Morgan fingerprint density at radius 1 is 1.19 bits per heavy atom. The molecular weight excluding hydrogens is 364 g/mol. The van der Waals surface area contributed by atoms with Crippen LogP contribution in [0.25, 0.3) is 0 Å². The van der Waals surface area contributed by atoms with E-state index in [1.807, 2.05) is 24.3 Å². The summed E-state index contributed by atoms with van der Waals surface area (Å²) in [6.07, 6.45) is 2.42. The van der Waals surface area contributed by atoms with E-state index in [1.54, 1.807) is 30.5 Å². The van der Waals surface area contributed by atoms with Gasteiger partial charge in [-0.2, -0.15) is 0 Å². The molecule has 0 saturated heterocycles. The number of aryl methyl sites for hydroxylation is 1. The number of carbonyl (C=O) groups is 1. The lowest BCUT2D eigenvalue weighted by Crippen LogP contribution is -2.15. The summed E-state index contributed by atoms with van der Waals surface area (Å²) in [5, 5.41) is 6.35. The second-order valence-electron chi connectivity index (χ2n) is 5.70. The lowest BCUT2D eigenvalue weighted by molar-refractivity contribution is 0.102. The van der Waals surface area contributed by atoms with Crippen molar-refractivity contribution >= 4 is 34.8 Å². The summed E-state index contributed by atoms with van der Waals surface area (Å²) < 4.78 is 5.11. The molecule has 6 nitrogen and oxygen atoms in total. The van der Waals surface area contributed by atoms with Gasteiger partial charge in [0.05, 0.1) is 12.1 Å². The van der Waals surface area contributed by atoms with Crippen molar-refractivity contribution < 1.29 is 9.53 Å². The minimum absolute atomic E-state index is 0.244. The lowest BCUT2D eigenvalue weighted by atomic mass is 10.1. The van der Waals surface area contributed by atoms with Crippen LogP contribution in [0.4, 0.5) is 17.3 Å². The number of nitrogens with one attached hydrogen (secondary N) is 2. The van der Waals surface area contributed by atoms with Crippen LogP contribution >= 0.6 is 11.6 Å². The topological polar surface area (TPSA) is 76.1 Å². The molecule has 0 bridgehead atoms. The summed E-state index contributed by atoms with van der Waals surface area (Å²) in [7, 11) is 1.53. The fourth-order valence-corrected chi connectivity index (χ4v) is 2.81. The van der Waals surface area contributed by atoms with Gasteiger partial charge in [-0.25, -0.2) is 9.97 Å². The number of para-hydroxylation sites is 1. The van der Waals surface area contributed by atoms with Gasteiger partial charge in [-0.05, 0) is 42.3 Å². The van der Waals surface area contributed by atoms with Crippen LogP contribution in [0.15, 0.2) is 54.7 Å². The zero-order chi connectivity index (χ0) is 19.2. The number of methoxy groups -OCH3 is 1. The van der Waals surface area contributed by atoms with E-state index in [4.69, 9.17) is 16.3 Å². The highest BCUT2D eigenvalue weighted by Crippen LogP contribution is 2.27. The zero-order valence-corrected chi connectivity index (χ0v) is 15.7. The molecular formula is C20H19ClN4O2.